The van der Waals surface area contributed by atoms with E-state index < -0.39 is 11.8 Å². The zero-order valence-electron chi connectivity index (χ0n) is 15.2. The molecule has 0 spiro atoms. The van der Waals surface area contributed by atoms with Crippen LogP contribution in [0.3, 0.4) is 0 Å². The van der Waals surface area contributed by atoms with E-state index in [1.54, 1.807) is 16.6 Å². The number of nitrogens with zero attached hydrogens (tertiary/aromatic N) is 4. The van der Waals surface area contributed by atoms with Gasteiger partial charge < -0.3 is 20.3 Å². The number of nitrogens with two attached hydrogens (primary N) is 1. The Hall–Kier alpha value is -3.03. The molecule has 0 radical (unpaired) electrons. The molecule has 2 heterocycles. The molecule has 2 amide bonds. The lowest BCUT2D eigenvalue weighted by molar-refractivity contribution is -0.135. The molecule has 1 aliphatic heterocycles. The Morgan fingerprint density at radius 2 is 2.15 bits per heavy atom. The van der Waals surface area contributed by atoms with Crippen LogP contribution in [0.2, 0.25) is 0 Å². The van der Waals surface area contributed by atoms with Gasteiger partial charge in [0.25, 0.3) is 5.91 Å². The third kappa shape index (κ3) is 3.63. The van der Waals surface area contributed by atoms with E-state index in [-0.39, 0.29) is 19.1 Å². The number of anilines is 1. The Kier molecular flexibility index (Phi) is 4.83. The molecule has 0 fully saturated rings. The average Bonchev–Trinajstić information content (AvgIpc) is 2.98. The van der Waals surface area contributed by atoms with Crippen LogP contribution in [0.1, 0.15) is 17.2 Å². The molecule has 1 aromatic carbocycles. The van der Waals surface area contributed by atoms with Crippen LogP contribution in [-0.2, 0) is 23.2 Å². The largest absolute Gasteiger partial charge is 0.484 e. The highest BCUT2D eigenvalue weighted by atomic mass is 16.5. The van der Waals surface area contributed by atoms with Gasteiger partial charge in [0.1, 0.15) is 5.75 Å². The van der Waals surface area contributed by atoms with Crippen molar-refractivity contribution in [2.45, 2.75) is 12.5 Å². The van der Waals surface area contributed by atoms with E-state index in [1.807, 2.05) is 49.5 Å². The van der Waals surface area contributed by atoms with Crippen LogP contribution in [0.15, 0.2) is 30.5 Å². The molecule has 0 bridgehead atoms. The fraction of sp³-hybridized carbons (Fsp3) is 0.389. The Balaban J connectivity index is 1.69. The molecule has 3 rings (SSSR count). The number of hydrogen-bond donors (Lipinski definition) is 1. The number of carbonyl (C=O) groups excluding carboxylic acids is 2. The number of primary amides is 1. The first-order valence-electron chi connectivity index (χ1n) is 8.35. The summed E-state index contributed by atoms with van der Waals surface area (Å²) in [4.78, 5) is 27.9. The molecule has 2 aromatic rings. The van der Waals surface area contributed by atoms with Gasteiger partial charge in [-0.1, -0.05) is 6.07 Å². The van der Waals surface area contributed by atoms with E-state index in [0.29, 0.717) is 18.0 Å². The van der Waals surface area contributed by atoms with Crippen molar-refractivity contribution >= 4 is 17.5 Å². The Labute approximate surface area is 152 Å². The van der Waals surface area contributed by atoms with Crippen LogP contribution in [0.5, 0.6) is 5.75 Å². The highest BCUT2D eigenvalue weighted by Crippen LogP contribution is 2.27. The molecule has 0 saturated heterocycles. The first-order chi connectivity index (χ1) is 12.3. The average molecular weight is 357 g/mol. The van der Waals surface area contributed by atoms with Crippen LogP contribution in [0.25, 0.3) is 0 Å². The number of rotatable bonds is 5. The van der Waals surface area contributed by atoms with Crippen molar-refractivity contribution in [2.24, 2.45) is 12.8 Å². The third-order valence-electron chi connectivity index (χ3n) is 4.42. The van der Waals surface area contributed by atoms with Crippen LogP contribution in [0, 0.1) is 0 Å². The maximum absolute atomic E-state index is 12.6. The van der Waals surface area contributed by atoms with Crippen LogP contribution >= 0.6 is 0 Å². The summed E-state index contributed by atoms with van der Waals surface area (Å²) in [6.45, 7) is 0.518. The maximum Gasteiger partial charge on any atom is 0.260 e. The molecule has 1 atom stereocenters. The van der Waals surface area contributed by atoms with Gasteiger partial charge in [0.15, 0.2) is 6.61 Å². The molecular weight excluding hydrogens is 334 g/mol. The monoisotopic (exact) mass is 357 g/mol. The van der Waals surface area contributed by atoms with E-state index in [9.17, 15) is 9.59 Å². The number of hydrogen-bond acceptors (Lipinski definition) is 5. The topological polar surface area (TPSA) is 93.7 Å². The summed E-state index contributed by atoms with van der Waals surface area (Å²) >= 11 is 0. The fourth-order valence-corrected chi connectivity index (χ4v) is 3.05. The first-order valence-corrected chi connectivity index (χ1v) is 8.35. The minimum Gasteiger partial charge on any atom is -0.484 e. The van der Waals surface area contributed by atoms with Crippen LogP contribution < -0.4 is 15.4 Å². The predicted molar refractivity (Wildman–Crippen MR) is 96.8 cm³/mol. The number of aryl methyl sites for hydroxylation is 1. The zero-order valence-corrected chi connectivity index (χ0v) is 15.2. The van der Waals surface area contributed by atoms with E-state index in [2.05, 4.69) is 5.10 Å². The Morgan fingerprint density at radius 3 is 2.85 bits per heavy atom. The molecule has 1 aromatic heterocycles. The normalized spacial score (nSPS) is 16.1. The molecular formula is C18H23N5O3. The summed E-state index contributed by atoms with van der Waals surface area (Å²) in [6.07, 6.45) is 1.81. The van der Waals surface area contributed by atoms with Gasteiger partial charge in [-0.2, -0.15) is 5.10 Å². The van der Waals surface area contributed by atoms with Crippen molar-refractivity contribution in [2.75, 3.05) is 32.1 Å². The minimum absolute atomic E-state index is 0.0992. The number of ether oxygens (including phenoxy) is 1. The molecule has 0 aliphatic carbocycles. The zero-order chi connectivity index (χ0) is 18.8. The van der Waals surface area contributed by atoms with Gasteiger partial charge in [0, 0.05) is 57.7 Å². The molecule has 8 heteroatoms. The number of fused-ring (bicyclic) bond motifs is 1. The van der Waals surface area contributed by atoms with Gasteiger partial charge in [-0.3, -0.25) is 14.3 Å². The molecule has 1 unspecified atom stereocenters. The fourth-order valence-electron chi connectivity index (χ4n) is 3.05. The number of aromatic nitrogens is 2. The summed E-state index contributed by atoms with van der Waals surface area (Å²) in [7, 11) is 5.66. The molecule has 26 heavy (non-hydrogen) atoms. The van der Waals surface area contributed by atoms with E-state index in [1.165, 1.54) is 0 Å². The minimum atomic E-state index is -0.596. The molecule has 0 saturated carbocycles. The Bertz CT molecular complexity index is 830. The smallest absolute Gasteiger partial charge is 0.260 e. The lowest BCUT2D eigenvalue weighted by atomic mass is 9.96. The van der Waals surface area contributed by atoms with Crippen molar-refractivity contribution in [1.82, 2.24) is 14.7 Å². The summed E-state index contributed by atoms with van der Waals surface area (Å²) in [6, 6.07) is 7.51. The van der Waals surface area contributed by atoms with Gasteiger partial charge in [-0.25, -0.2) is 0 Å². The SMILES string of the molecule is CN(C)c1cccc(OCC(=O)N2Cc3cn(C)nc3C(C(N)=O)C2)c1. The number of amides is 2. The standard InChI is InChI=1S/C18H23N5O3/c1-21(2)13-5-4-6-14(7-13)26-11-16(24)23-9-12-8-22(3)20-17(12)15(10-23)18(19)25/h4-8,15H,9-11H2,1-3H3,(H2,19,25). The van der Waals surface area contributed by atoms with Crippen LogP contribution in [0.4, 0.5) is 5.69 Å². The highest BCUT2D eigenvalue weighted by Gasteiger charge is 2.34. The molecule has 2 N–H and O–H groups in total. The van der Waals surface area contributed by atoms with Gasteiger partial charge in [0.2, 0.25) is 5.91 Å². The number of benzene rings is 1. The molecule has 1 aliphatic rings. The highest BCUT2D eigenvalue weighted by molar-refractivity contribution is 5.85. The second kappa shape index (κ2) is 7.07. The maximum atomic E-state index is 12.6. The Morgan fingerprint density at radius 1 is 1.38 bits per heavy atom. The van der Waals surface area contributed by atoms with Crippen LogP contribution in [-0.4, -0.2) is 53.7 Å². The van der Waals surface area contributed by atoms with Gasteiger partial charge in [-0.05, 0) is 12.1 Å². The van der Waals surface area contributed by atoms with Crippen molar-refractivity contribution in [3.8, 4) is 5.75 Å². The third-order valence-corrected chi connectivity index (χ3v) is 4.42. The number of carbonyl (C=O) groups is 2. The second-order valence-electron chi connectivity index (χ2n) is 6.62. The summed E-state index contributed by atoms with van der Waals surface area (Å²) in [5.74, 6) is -0.654. The van der Waals surface area contributed by atoms with Gasteiger partial charge in [0.05, 0.1) is 11.6 Å². The van der Waals surface area contributed by atoms with E-state index in [0.717, 1.165) is 11.3 Å². The van der Waals surface area contributed by atoms with E-state index in [4.69, 9.17) is 10.5 Å². The van der Waals surface area contributed by atoms with Gasteiger partial charge >= 0.3 is 0 Å². The lowest BCUT2D eigenvalue weighted by Crippen LogP contribution is -2.44. The quantitative estimate of drug-likeness (QED) is 0.840. The molecule has 8 nitrogen and oxygen atoms in total. The first kappa shape index (κ1) is 17.8. The summed E-state index contributed by atoms with van der Waals surface area (Å²) in [5.41, 5.74) is 7.98. The van der Waals surface area contributed by atoms with Crippen molar-refractivity contribution < 1.29 is 14.3 Å². The van der Waals surface area contributed by atoms with Crippen molar-refractivity contribution in [3.63, 3.8) is 0 Å². The lowest BCUT2D eigenvalue weighted by Gasteiger charge is -2.30. The summed E-state index contributed by atoms with van der Waals surface area (Å²) in [5, 5.41) is 4.31. The van der Waals surface area contributed by atoms with Crippen molar-refractivity contribution in [1.29, 1.82) is 0 Å². The predicted octanol–water partition coefficient (Wildman–Crippen LogP) is 0.476. The van der Waals surface area contributed by atoms with Crippen molar-refractivity contribution in [3.05, 3.63) is 41.7 Å². The van der Waals surface area contributed by atoms with Gasteiger partial charge in [-0.15, -0.1) is 0 Å². The second-order valence-corrected chi connectivity index (χ2v) is 6.62. The van der Waals surface area contributed by atoms with E-state index >= 15 is 0 Å². The summed E-state index contributed by atoms with van der Waals surface area (Å²) < 4.78 is 7.28. The molecule has 138 valence electrons.